The van der Waals surface area contributed by atoms with Crippen LogP contribution in [0.25, 0.3) is 6.08 Å². The molecule has 26 heavy (non-hydrogen) atoms. The molecule has 0 bridgehead atoms. The first kappa shape index (κ1) is 19.9. The van der Waals surface area contributed by atoms with Crippen LogP contribution in [0.5, 0.6) is 0 Å². The van der Waals surface area contributed by atoms with Gasteiger partial charge in [0.1, 0.15) is 18.2 Å². The fraction of sp³-hybridized carbons (Fsp3) is 0.421. The van der Waals surface area contributed by atoms with Crippen molar-refractivity contribution in [2.75, 3.05) is 13.7 Å². The van der Waals surface area contributed by atoms with Gasteiger partial charge in [-0.1, -0.05) is 6.92 Å². The van der Waals surface area contributed by atoms with E-state index in [1.165, 1.54) is 11.3 Å². The highest BCUT2D eigenvalue weighted by atomic mass is 32.1. The number of hydrogen-bond donors (Lipinski definition) is 0. The zero-order valence-electron chi connectivity index (χ0n) is 15.5. The van der Waals surface area contributed by atoms with Crippen LogP contribution in [0.4, 0.5) is 0 Å². The molecule has 138 valence electrons. The van der Waals surface area contributed by atoms with Gasteiger partial charge in [-0.3, -0.25) is 0 Å². The van der Waals surface area contributed by atoms with E-state index >= 15 is 0 Å². The second-order valence-electron chi connectivity index (χ2n) is 5.80. The lowest BCUT2D eigenvalue weighted by Crippen LogP contribution is -2.08. The Labute approximate surface area is 157 Å². The van der Waals surface area contributed by atoms with Crippen molar-refractivity contribution < 1.29 is 14.3 Å². The highest BCUT2D eigenvalue weighted by Crippen LogP contribution is 2.19. The van der Waals surface area contributed by atoms with Crippen molar-refractivity contribution in [3.63, 3.8) is 0 Å². The molecule has 7 heteroatoms. The third kappa shape index (κ3) is 4.81. The van der Waals surface area contributed by atoms with Gasteiger partial charge in [0, 0.05) is 30.4 Å². The molecule has 0 amide bonds. The first-order chi connectivity index (χ1) is 12.5. The number of rotatable bonds is 8. The maximum atomic E-state index is 12.2. The van der Waals surface area contributed by atoms with Gasteiger partial charge in [-0.05, 0) is 38.0 Å². The minimum atomic E-state index is -0.639. The summed E-state index contributed by atoms with van der Waals surface area (Å²) in [5.74, 6) is -0.639. The van der Waals surface area contributed by atoms with Crippen molar-refractivity contribution in [2.24, 2.45) is 0 Å². The van der Waals surface area contributed by atoms with E-state index in [1.807, 2.05) is 38.3 Å². The molecule has 0 saturated carbocycles. The number of thiazole rings is 1. The molecule has 2 heterocycles. The van der Waals surface area contributed by atoms with E-state index in [4.69, 9.17) is 9.47 Å². The van der Waals surface area contributed by atoms with Crippen LogP contribution in [-0.2, 0) is 33.8 Å². The first-order valence-electron chi connectivity index (χ1n) is 8.38. The Morgan fingerprint density at radius 3 is 2.85 bits per heavy atom. The van der Waals surface area contributed by atoms with Crippen molar-refractivity contribution in [3.05, 3.63) is 44.7 Å². The molecule has 0 radical (unpaired) electrons. The van der Waals surface area contributed by atoms with Gasteiger partial charge in [0.2, 0.25) is 0 Å². The lowest BCUT2D eigenvalue weighted by molar-refractivity contribution is -0.139. The van der Waals surface area contributed by atoms with Gasteiger partial charge in [-0.15, -0.1) is 11.3 Å². The summed E-state index contributed by atoms with van der Waals surface area (Å²) < 4.78 is 12.5. The van der Waals surface area contributed by atoms with Crippen molar-refractivity contribution in [2.45, 2.75) is 40.3 Å². The molecule has 6 nitrogen and oxygen atoms in total. The third-order valence-corrected chi connectivity index (χ3v) is 5.07. The Hall–Kier alpha value is -2.43. The zero-order valence-corrected chi connectivity index (χ0v) is 16.4. The maximum Gasteiger partial charge on any atom is 0.349 e. The molecule has 0 N–H and O–H groups in total. The smallest absolute Gasteiger partial charge is 0.349 e. The lowest BCUT2D eigenvalue weighted by atomic mass is 10.1. The predicted octanol–water partition coefficient (Wildman–Crippen LogP) is 3.42. The third-order valence-electron chi connectivity index (χ3n) is 4.02. The molecule has 0 aliphatic heterocycles. The van der Waals surface area contributed by atoms with Crippen molar-refractivity contribution in [1.82, 2.24) is 9.55 Å². The summed E-state index contributed by atoms with van der Waals surface area (Å²) in [5.41, 5.74) is 3.53. The Morgan fingerprint density at radius 2 is 2.23 bits per heavy atom. The van der Waals surface area contributed by atoms with Crippen LogP contribution in [0.3, 0.4) is 0 Å². The fourth-order valence-corrected chi connectivity index (χ4v) is 3.32. The van der Waals surface area contributed by atoms with Gasteiger partial charge in [-0.25, -0.2) is 9.78 Å². The molecular formula is C19H23N3O3S. The van der Waals surface area contributed by atoms with Gasteiger partial charge < -0.3 is 14.0 Å². The number of nitrogens with zero attached hydrogens (tertiary/aromatic N) is 3. The second-order valence-corrected chi connectivity index (χ2v) is 6.75. The minimum absolute atomic E-state index is 0.0251. The number of carbonyl (C=O) groups is 1. The average molecular weight is 373 g/mol. The van der Waals surface area contributed by atoms with E-state index in [0.717, 1.165) is 34.9 Å². The number of aromatic nitrogens is 2. The maximum absolute atomic E-state index is 12.2. The second kappa shape index (κ2) is 9.32. The number of ether oxygens (including phenoxy) is 2. The molecule has 0 aromatic carbocycles. The highest BCUT2D eigenvalue weighted by Gasteiger charge is 2.15. The summed E-state index contributed by atoms with van der Waals surface area (Å²) in [7, 11) is 1.66. The molecule has 0 aliphatic carbocycles. The minimum Gasteiger partial charge on any atom is -0.455 e. The molecular weight excluding hydrogens is 350 g/mol. The Kier molecular flexibility index (Phi) is 7.13. The van der Waals surface area contributed by atoms with Crippen LogP contribution in [0.1, 0.15) is 34.6 Å². The Balaban J connectivity index is 2.11. The van der Waals surface area contributed by atoms with Crippen molar-refractivity contribution in [1.29, 1.82) is 5.26 Å². The van der Waals surface area contributed by atoms with Crippen LogP contribution in [-0.4, -0.2) is 29.2 Å². The molecule has 2 rings (SSSR count). The SMILES string of the molecule is CCc1nc(COC(=O)/C(C#N)=C/c2cc(C)n(CCOC)c2C)cs1. The van der Waals surface area contributed by atoms with E-state index in [0.29, 0.717) is 12.3 Å². The number of nitriles is 1. The van der Waals surface area contributed by atoms with Gasteiger partial charge in [0.15, 0.2) is 0 Å². The first-order valence-corrected chi connectivity index (χ1v) is 9.26. The molecule has 2 aromatic heterocycles. The van der Waals surface area contributed by atoms with E-state index < -0.39 is 5.97 Å². The highest BCUT2D eigenvalue weighted by molar-refractivity contribution is 7.09. The van der Waals surface area contributed by atoms with Crippen LogP contribution in [0.15, 0.2) is 17.0 Å². The van der Waals surface area contributed by atoms with Gasteiger partial charge in [0.25, 0.3) is 0 Å². The number of esters is 1. The zero-order chi connectivity index (χ0) is 19.1. The fourth-order valence-electron chi connectivity index (χ4n) is 2.59. The number of aryl methyl sites for hydroxylation is 2. The van der Waals surface area contributed by atoms with E-state index in [2.05, 4.69) is 9.55 Å². The summed E-state index contributed by atoms with van der Waals surface area (Å²) in [6.07, 6.45) is 2.42. The van der Waals surface area contributed by atoms with Gasteiger partial charge >= 0.3 is 5.97 Å². The monoisotopic (exact) mass is 373 g/mol. The van der Waals surface area contributed by atoms with Crippen LogP contribution < -0.4 is 0 Å². The normalized spacial score (nSPS) is 11.4. The topological polar surface area (TPSA) is 77.1 Å². The van der Waals surface area contributed by atoms with E-state index in [1.54, 1.807) is 13.2 Å². The van der Waals surface area contributed by atoms with Gasteiger partial charge in [0.05, 0.1) is 17.3 Å². The molecule has 2 aromatic rings. The number of hydrogen-bond acceptors (Lipinski definition) is 6. The van der Waals surface area contributed by atoms with E-state index in [-0.39, 0.29) is 12.2 Å². The van der Waals surface area contributed by atoms with Crippen LogP contribution in [0.2, 0.25) is 0 Å². The van der Waals surface area contributed by atoms with Gasteiger partial charge in [-0.2, -0.15) is 5.26 Å². The summed E-state index contributed by atoms with van der Waals surface area (Å²) in [4.78, 5) is 16.6. The average Bonchev–Trinajstić information content (AvgIpc) is 3.20. The molecule has 0 fully saturated rings. The van der Waals surface area contributed by atoms with Crippen molar-refractivity contribution >= 4 is 23.4 Å². The van der Waals surface area contributed by atoms with Crippen molar-refractivity contribution in [3.8, 4) is 6.07 Å². The summed E-state index contributed by atoms with van der Waals surface area (Å²) in [5, 5.41) is 12.2. The van der Waals surface area contributed by atoms with Crippen LogP contribution in [0, 0.1) is 25.2 Å². The molecule has 0 aliphatic rings. The summed E-state index contributed by atoms with van der Waals surface area (Å²) in [6, 6.07) is 3.88. The predicted molar refractivity (Wildman–Crippen MR) is 101 cm³/mol. The quantitative estimate of drug-likeness (QED) is 0.402. The standard InChI is InChI=1S/C19H23N3O3S/c1-5-18-21-17(12-26-18)11-25-19(23)16(10-20)9-15-8-13(2)22(14(15)3)6-7-24-4/h8-9,12H,5-7,11H2,1-4H3/b16-9+. The summed E-state index contributed by atoms with van der Waals surface area (Å²) >= 11 is 1.54. The van der Waals surface area contributed by atoms with Crippen LogP contribution >= 0.6 is 11.3 Å². The Morgan fingerprint density at radius 1 is 1.46 bits per heavy atom. The Bertz CT molecular complexity index is 843. The van der Waals surface area contributed by atoms with E-state index in [9.17, 15) is 10.1 Å². The molecule has 0 unspecified atom stereocenters. The molecule has 0 saturated heterocycles. The number of methoxy groups -OCH3 is 1. The summed E-state index contributed by atoms with van der Waals surface area (Å²) in [6.45, 7) is 7.35. The lowest BCUT2D eigenvalue weighted by Gasteiger charge is -2.08. The number of carbonyl (C=O) groups excluding carboxylic acids is 1. The molecule has 0 atom stereocenters. The molecule has 0 spiro atoms. The largest absolute Gasteiger partial charge is 0.455 e.